The molecular formula is C86H70N6. The van der Waals surface area contributed by atoms with Crippen molar-refractivity contribution < 1.29 is 0 Å². The zero-order valence-corrected chi connectivity index (χ0v) is 53.2. The van der Waals surface area contributed by atoms with Crippen molar-refractivity contribution >= 4 is 21.5 Å². The van der Waals surface area contributed by atoms with Gasteiger partial charge < -0.3 is 0 Å². The smallest absolute Gasteiger partial charge is 0.164 e. The maximum Gasteiger partial charge on any atom is 0.164 e. The van der Waals surface area contributed by atoms with Crippen LogP contribution in [0, 0.1) is 0 Å². The number of benzene rings is 12. The van der Waals surface area contributed by atoms with E-state index in [1.165, 1.54) is 77.5 Å². The van der Waals surface area contributed by atoms with Crippen molar-refractivity contribution in [1.82, 2.24) is 29.9 Å². The van der Waals surface area contributed by atoms with Gasteiger partial charge in [-0.25, -0.2) is 29.9 Å². The van der Waals surface area contributed by atoms with E-state index >= 15 is 0 Å². The zero-order valence-electron chi connectivity index (χ0n) is 53.2. The van der Waals surface area contributed by atoms with Gasteiger partial charge in [-0.15, -0.1) is 0 Å². The molecule has 92 heavy (non-hydrogen) atoms. The third-order valence-corrected chi connectivity index (χ3v) is 20.6. The molecule has 0 N–H and O–H groups in total. The van der Waals surface area contributed by atoms with Crippen molar-refractivity contribution in [3.63, 3.8) is 0 Å². The van der Waals surface area contributed by atoms with E-state index in [2.05, 4.69) is 237 Å². The predicted molar refractivity (Wildman–Crippen MR) is 381 cm³/mol. The summed E-state index contributed by atoms with van der Waals surface area (Å²) >= 11 is 0. The molecule has 0 unspecified atom stereocenters. The molecule has 0 radical (unpaired) electrons. The molecule has 0 saturated heterocycles. The van der Waals surface area contributed by atoms with E-state index in [0.29, 0.717) is 34.9 Å². The van der Waals surface area contributed by atoms with Crippen LogP contribution in [0.1, 0.15) is 77.6 Å². The average molecular weight is 1190 g/mol. The highest BCUT2D eigenvalue weighted by molar-refractivity contribution is 6.06. The molecular weight excluding hydrogens is 1120 g/mol. The number of rotatable bonds is 8. The molecule has 0 fully saturated rings. The Balaban J connectivity index is 0.000000153. The fourth-order valence-corrected chi connectivity index (χ4v) is 14.3. The number of aromatic nitrogens is 6. The fourth-order valence-electron chi connectivity index (χ4n) is 14.3. The van der Waals surface area contributed by atoms with Crippen molar-refractivity contribution in [3.8, 4) is 113 Å². The Bertz CT molecular complexity index is 5030. The van der Waals surface area contributed by atoms with E-state index in [1.54, 1.807) is 0 Å². The van der Waals surface area contributed by atoms with Gasteiger partial charge in [0.25, 0.3) is 0 Å². The first-order valence-corrected chi connectivity index (χ1v) is 31.9. The van der Waals surface area contributed by atoms with Crippen LogP contribution in [0.2, 0.25) is 0 Å². The summed E-state index contributed by atoms with van der Waals surface area (Å²) < 4.78 is 0. The van der Waals surface area contributed by atoms with Gasteiger partial charge in [-0.2, -0.15) is 0 Å². The third kappa shape index (κ3) is 9.63. The van der Waals surface area contributed by atoms with Crippen LogP contribution in [0.5, 0.6) is 0 Å². The summed E-state index contributed by atoms with van der Waals surface area (Å²) in [6, 6.07) is 98.5. The van der Waals surface area contributed by atoms with Crippen LogP contribution < -0.4 is 0 Å². The van der Waals surface area contributed by atoms with E-state index in [-0.39, 0.29) is 21.7 Å². The van der Waals surface area contributed by atoms with E-state index in [1.807, 2.05) is 97.1 Å². The van der Waals surface area contributed by atoms with Gasteiger partial charge in [0.15, 0.2) is 34.9 Å². The van der Waals surface area contributed by atoms with Crippen LogP contribution in [0.3, 0.4) is 0 Å². The average Bonchev–Trinajstić information content (AvgIpc) is 0.715. The lowest BCUT2D eigenvalue weighted by atomic mass is 9.54. The normalized spacial score (nSPS) is 14.4. The Labute approximate surface area is 539 Å². The second-order valence-corrected chi connectivity index (χ2v) is 26.6. The molecule has 16 rings (SSSR count). The van der Waals surface area contributed by atoms with Gasteiger partial charge in [0.1, 0.15) is 0 Å². The first kappa shape index (κ1) is 57.6. The largest absolute Gasteiger partial charge is 0.208 e. The highest BCUT2D eigenvalue weighted by Crippen LogP contribution is 2.58. The molecule has 12 aromatic carbocycles. The number of fused-ring (bicyclic) bond motifs is 8. The molecule has 2 heterocycles. The molecule has 2 aliphatic rings. The SMILES string of the molecule is CC1(C)c2ccccc2-c2ccc(-c3cccc4c(-c5nc(-c6ccccc6)nc(-c6ccccc6)n5)cccc34)cc2C1(C)C.CC1(C)c2ccccc2-c2cccc(-c3cccc4c(-c5nc(-c6ccccc6)nc(-c6ccccc6)n5)cccc34)c2C1(C)C. The first-order valence-electron chi connectivity index (χ1n) is 31.9. The highest BCUT2D eigenvalue weighted by Gasteiger charge is 2.48. The first-order chi connectivity index (χ1) is 44.7. The van der Waals surface area contributed by atoms with Crippen LogP contribution in [-0.2, 0) is 21.7 Å². The molecule has 444 valence electrons. The van der Waals surface area contributed by atoms with E-state index in [9.17, 15) is 0 Å². The summed E-state index contributed by atoms with van der Waals surface area (Å²) in [7, 11) is 0. The van der Waals surface area contributed by atoms with Crippen molar-refractivity contribution in [3.05, 3.63) is 301 Å². The van der Waals surface area contributed by atoms with Gasteiger partial charge in [0.05, 0.1) is 0 Å². The molecule has 0 saturated carbocycles. The lowest BCUT2D eigenvalue weighted by molar-refractivity contribution is 0.299. The van der Waals surface area contributed by atoms with Crippen molar-refractivity contribution in [2.75, 3.05) is 0 Å². The minimum absolute atomic E-state index is 0.0211. The molecule has 0 atom stereocenters. The molecule has 0 spiro atoms. The Morgan fingerprint density at radius 3 is 0.913 bits per heavy atom. The topological polar surface area (TPSA) is 77.3 Å². The van der Waals surface area contributed by atoms with Crippen LogP contribution in [0.15, 0.2) is 279 Å². The van der Waals surface area contributed by atoms with Gasteiger partial charge in [-0.1, -0.05) is 328 Å². The van der Waals surface area contributed by atoms with Crippen LogP contribution >= 0.6 is 0 Å². The van der Waals surface area contributed by atoms with Gasteiger partial charge in [0.2, 0.25) is 0 Å². The van der Waals surface area contributed by atoms with Gasteiger partial charge >= 0.3 is 0 Å². The van der Waals surface area contributed by atoms with Crippen molar-refractivity contribution in [2.45, 2.75) is 77.0 Å². The minimum atomic E-state index is -0.115. The van der Waals surface area contributed by atoms with E-state index < -0.39 is 0 Å². The maximum atomic E-state index is 5.07. The maximum absolute atomic E-state index is 5.07. The minimum Gasteiger partial charge on any atom is -0.208 e. The van der Waals surface area contributed by atoms with Gasteiger partial charge in [-0.05, 0) is 111 Å². The monoisotopic (exact) mass is 1190 g/mol. The number of hydrogen-bond donors (Lipinski definition) is 0. The molecule has 6 heteroatoms. The van der Waals surface area contributed by atoms with Crippen LogP contribution in [-0.4, -0.2) is 29.9 Å². The van der Waals surface area contributed by atoms with E-state index in [4.69, 9.17) is 29.9 Å². The second-order valence-electron chi connectivity index (χ2n) is 26.6. The molecule has 2 aromatic heterocycles. The number of nitrogens with zero attached hydrogens (tertiary/aromatic N) is 6. The molecule has 6 nitrogen and oxygen atoms in total. The molecule has 0 amide bonds. The summed E-state index contributed by atoms with van der Waals surface area (Å²) in [5.41, 5.74) is 21.4. The summed E-state index contributed by atoms with van der Waals surface area (Å²) in [5, 5.41) is 4.60. The predicted octanol–water partition coefficient (Wildman–Crippen LogP) is 21.9. The summed E-state index contributed by atoms with van der Waals surface area (Å²) in [4.78, 5) is 30.0. The zero-order chi connectivity index (χ0) is 62.9. The fraction of sp³-hybridized carbons (Fsp3) is 0.140. The third-order valence-electron chi connectivity index (χ3n) is 20.6. The molecule has 0 bridgehead atoms. The number of hydrogen-bond acceptors (Lipinski definition) is 6. The summed E-state index contributed by atoms with van der Waals surface area (Å²) in [6.45, 7) is 19.1. The molecule has 2 aliphatic carbocycles. The Morgan fingerprint density at radius 1 is 0.185 bits per heavy atom. The molecule has 0 aliphatic heterocycles. The van der Waals surface area contributed by atoms with Crippen molar-refractivity contribution in [2.24, 2.45) is 0 Å². The summed E-state index contributed by atoms with van der Waals surface area (Å²) in [6.07, 6.45) is 0. The lowest BCUT2D eigenvalue weighted by Crippen LogP contribution is -2.43. The molecule has 14 aromatic rings. The Hall–Kier alpha value is -10.8. The van der Waals surface area contributed by atoms with Gasteiger partial charge in [-0.3, -0.25) is 0 Å². The Morgan fingerprint density at radius 2 is 0.467 bits per heavy atom. The van der Waals surface area contributed by atoms with Crippen LogP contribution in [0.4, 0.5) is 0 Å². The van der Waals surface area contributed by atoms with Crippen molar-refractivity contribution in [1.29, 1.82) is 0 Å². The van der Waals surface area contributed by atoms with Crippen LogP contribution in [0.25, 0.3) is 134 Å². The standard InChI is InChI=1S/2C43H35N3/c1-42(2)37-27-12-11-20-33(37)35-25-15-24-34(38(35)43(42,3)4)31-22-13-23-32-30(31)21-14-26-36(32)41-45-39(28-16-7-5-8-17-28)44-40(46-41)29-18-9-6-10-19-29;1-42(2)37-24-12-11-19-34(37)35-26-25-30(27-38(35)43(42,3)4)31-20-13-22-33-32(31)21-14-23-36(33)41-45-39(28-15-7-5-8-16-28)44-40(46-41)29-17-9-6-10-18-29/h2*5-27H,1-4H3. The highest BCUT2D eigenvalue weighted by atomic mass is 15.0. The lowest BCUT2D eigenvalue weighted by Gasteiger charge is -2.49. The van der Waals surface area contributed by atoms with E-state index in [0.717, 1.165) is 44.2 Å². The Kier molecular flexibility index (Phi) is 14.1. The second kappa shape index (κ2) is 22.6. The van der Waals surface area contributed by atoms with Gasteiger partial charge in [0, 0.05) is 38.8 Å². The summed E-state index contributed by atoms with van der Waals surface area (Å²) in [5.74, 6) is 3.99. The quantitative estimate of drug-likeness (QED) is 0.151.